The van der Waals surface area contributed by atoms with Gasteiger partial charge in [0.2, 0.25) is 0 Å². The Kier molecular flexibility index (Phi) is 8.47. The quantitative estimate of drug-likeness (QED) is 0.155. The van der Waals surface area contributed by atoms with Crippen molar-refractivity contribution in [2.45, 2.75) is 5.41 Å². The molecule has 10 aromatic rings. The third kappa shape index (κ3) is 5.56. The van der Waals surface area contributed by atoms with Crippen LogP contribution in [0.3, 0.4) is 0 Å². The summed E-state index contributed by atoms with van der Waals surface area (Å²) >= 11 is 0. The van der Waals surface area contributed by atoms with Crippen molar-refractivity contribution in [3.63, 3.8) is 0 Å². The Morgan fingerprint density at radius 1 is 0.242 bits per heavy atom. The van der Waals surface area contributed by atoms with E-state index < -0.39 is 5.41 Å². The average molecular weight is 788 g/mol. The molecular weight excluding hydrogens is 747 g/mol. The lowest BCUT2D eigenvalue weighted by molar-refractivity contribution is 0.794. The van der Waals surface area contributed by atoms with Gasteiger partial charge in [0.1, 0.15) is 0 Å². The molecule has 0 radical (unpaired) electrons. The number of fused-ring (bicyclic) bond motifs is 10. The van der Waals surface area contributed by atoms with Crippen LogP contribution < -0.4 is 4.90 Å². The number of benzene rings is 10. The Balaban J connectivity index is 1.12. The number of anilines is 3. The molecule has 0 aromatic heterocycles. The van der Waals surface area contributed by atoms with Gasteiger partial charge in [0, 0.05) is 16.9 Å². The molecule has 0 aliphatic heterocycles. The van der Waals surface area contributed by atoms with Gasteiger partial charge in [-0.15, -0.1) is 0 Å². The van der Waals surface area contributed by atoms with Crippen molar-refractivity contribution in [2.75, 3.05) is 4.90 Å². The second-order valence-corrected chi connectivity index (χ2v) is 16.4. The maximum atomic E-state index is 2.46. The van der Waals surface area contributed by atoms with Crippen LogP contribution in [0.2, 0.25) is 0 Å². The van der Waals surface area contributed by atoms with E-state index in [1.165, 1.54) is 89.0 Å². The second kappa shape index (κ2) is 14.6. The van der Waals surface area contributed by atoms with Crippen molar-refractivity contribution >= 4 is 17.1 Å². The first-order valence-electron chi connectivity index (χ1n) is 21.5. The number of nitrogens with zero attached hydrogens (tertiary/aromatic N) is 1. The van der Waals surface area contributed by atoms with Gasteiger partial charge in [-0.05, 0) is 114 Å². The van der Waals surface area contributed by atoms with Crippen LogP contribution in [-0.2, 0) is 5.41 Å². The molecule has 1 spiro atoms. The van der Waals surface area contributed by atoms with E-state index in [1.54, 1.807) is 0 Å². The lowest BCUT2D eigenvalue weighted by atomic mass is 9.70. The average Bonchev–Trinajstić information content (AvgIpc) is 3.83. The zero-order chi connectivity index (χ0) is 41.0. The summed E-state index contributed by atoms with van der Waals surface area (Å²) in [6.07, 6.45) is 0. The molecule has 1 nitrogen and oxygen atoms in total. The molecule has 0 heterocycles. The topological polar surface area (TPSA) is 3.24 Å². The van der Waals surface area contributed by atoms with E-state index in [1.807, 2.05) is 0 Å². The van der Waals surface area contributed by atoms with E-state index in [9.17, 15) is 0 Å². The standard InChI is InChI=1S/C61H41N/c1-4-17-42(18-5-1)45-31-36-48(37-32-45)62(49-38-33-46(34-39-49)43-19-6-2-7-20-43)59-41-47(44-21-8-3-9-22-44)35-40-52(59)53-26-16-30-58-60(53)54-25-12-15-29-57(54)61(58)55-27-13-10-23-50(55)51-24-11-14-28-56(51)61/h1-41H. The molecule has 12 rings (SSSR count). The van der Waals surface area contributed by atoms with E-state index >= 15 is 0 Å². The van der Waals surface area contributed by atoms with Crippen LogP contribution in [0.4, 0.5) is 17.1 Å². The lowest BCUT2D eigenvalue weighted by Gasteiger charge is -2.31. The highest BCUT2D eigenvalue weighted by Crippen LogP contribution is 2.64. The Morgan fingerprint density at radius 2 is 0.613 bits per heavy atom. The smallest absolute Gasteiger partial charge is 0.0725 e. The highest BCUT2D eigenvalue weighted by atomic mass is 15.1. The summed E-state index contributed by atoms with van der Waals surface area (Å²) in [4.78, 5) is 2.46. The number of hydrogen-bond donors (Lipinski definition) is 0. The minimum absolute atomic E-state index is 0.431. The van der Waals surface area contributed by atoms with Gasteiger partial charge in [-0.25, -0.2) is 0 Å². The Morgan fingerprint density at radius 3 is 1.13 bits per heavy atom. The Bertz CT molecular complexity index is 3130. The first-order chi connectivity index (χ1) is 30.8. The summed E-state index contributed by atoms with van der Waals surface area (Å²) in [6, 6.07) is 91.5. The normalized spacial score (nSPS) is 12.6. The summed E-state index contributed by atoms with van der Waals surface area (Å²) in [5.41, 5.74) is 23.0. The number of rotatable bonds is 7. The molecule has 10 aromatic carbocycles. The van der Waals surface area contributed by atoms with Gasteiger partial charge in [-0.2, -0.15) is 0 Å². The van der Waals surface area contributed by atoms with Crippen LogP contribution >= 0.6 is 0 Å². The largest absolute Gasteiger partial charge is 0.310 e. The number of hydrogen-bond acceptors (Lipinski definition) is 1. The van der Waals surface area contributed by atoms with Crippen molar-refractivity contribution in [1.29, 1.82) is 0 Å². The maximum Gasteiger partial charge on any atom is 0.0725 e. The van der Waals surface area contributed by atoms with Crippen molar-refractivity contribution in [3.05, 3.63) is 271 Å². The van der Waals surface area contributed by atoms with Crippen molar-refractivity contribution < 1.29 is 0 Å². The van der Waals surface area contributed by atoms with E-state index in [4.69, 9.17) is 0 Å². The van der Waals surface area contributed by atoms with Crippen molar-refractivity contribution in [3.8, 4) is 66.8 Å². The van der Waals surface area contributed by atoms with E-state index in [0.29, 0.717) is 0 Å². The fourth-order valence-electron chi connectivity index (χ4n) is 10.4. The fraction of sp³-hybridized carbons (Fsp3) is 0.0164. The first kappa shape index (κ1) is 35.9. The van der Waals surface area contributed by atoms with Gasteiger partial charge in [0.05, 0.1) is 11.1 Å². The van der Waals surface area contributed by atoms with Crippen LogP contribution in [-0.4, -0.2) is 0 Å². The molecule has 0 fully saturated rings. The van der Waals surface area contributed by atoms with Crippen molar-refractivity contribution in [2.24, 2.45) is 0 Å². The van der Waals surface area contributed by atoms with E-state index in [2.05, 4.69) is 254 Å². The molecule has 62 heavy (non-hydrogen) atoms. The van der Waals surface area contributed by atoms with E-state index in [-0.39, 0.29) is 0 Å². The van der Waals surface area contributed by atoms with Gasteiger partial charge < -0.3 is 4.90 Å². The zero-order valence-electron chi connectivity index (χ0n) is 34.1. The summed E-state index contributed by atoms with van der Waals surface area (Å²) < 4.78 is 0. The summed E-state index contributed by atoms with van der Waals surface area (Å²) in [6.45, 7) is 0. The second-order valence-electron chi connectivity index (χ2n) is 16.4. The molecule has 0 saturated heterocycles. The van der Waals surface area contributed by atoms with Crippen LogP contribution in [0.5, 0.6) is 0 Å². The molecule has 0 saturated carbocycles. The Labute approximate surface area is 363 Å². The van der Waals surface area contributed by atoms with Gasteiger partial charge in [-0.1, -0.05) is 218 Å². The minimum atomic E-state index is -0.431. The lowest BCUT2D eigenvalue weighted by Crippen LogP contribution is -2.25. The zero-order valence-corrected chi connectivity index (χ0v) is 34.1. The van der Waals surface area contributed by atoms with Crippen molar-refractivity contribution in [1.82, 2.24) is 0 Å². The molecule has 290 valence electrons. The molecule has 0 N–H and O–H groups in total. The third-order valence-corrected chi connectivity index (χ3v) is 13.1. The van der Waals surface area contributed by atoms with Crippen LogP contribution in [0.25, 0.3) is 66.8 Å². The molecule has 0 unspecified atom stereocenters. The molecule has 0 amide bonds. The highest BCUT2D eigenvalue weighted by molar-refractivity contribution is 6.03. The maximum absolute atomic E-state index is 2.46. The molecule has 2 aliphatic carbocycles. The van der Waals surface area contributed by atoms with E-state index in [0.717, 1.165) is 17.1 Å². The molecule has 0 bridgehead atoms. The van der Waals surface area contributed by atoms with Gasteiger partial charge in [0.15, 0.2) is 0 Å². The predicted molar refractivity (Wildman–Crippen MR) is 259 cm³/mol. The van der Waals surface area contributed by atoms with Gasteiger partial charge in [0.25, 0.3) is 0 Å². The summed E-state index contributed by atoms with van der Waals surface area (Å²) in [5, 5.41) is 0. The summed E-state index contributed by atoms with van der Waals surface area (Å²) in [7, 11) is 0. The molecule has 2 aliphatic rings. The first-order valence-corrected chi connectivity index (χ1v) is 21.5. The molecule has 1 heteroatoms. The SMILES string of the molecule is c1ccc(-c2ccc(N(c3ccc(-c4ccccc4)cc3)c3cc(-c4ccccc4)ccc3-c3cccc4c3-c3ccccc3C43c4ccccc4-c4ccccc43)cc2)cc1. The Hall–Kier alpha value is -8.00. The third-order valence-electron chi connectivity index (χ3n) is 13.1. The highest BCUT2D eigenvalue weighted by Gasteiger charge is 2.52. The fourth-order valence-corrected chi connectivity index (χ4v) is 10.4. The van der Waals surface area contributed by atoms with Crippen LogP contribution in [0.15, 0.2) is 249 Å². The van der Waals surface area contributed by atoms with Crippen LogP contribution in [0, 0.1) is 0 Å². The van der Waals surface area contributed by atoms with Crippen LogP contribution in [0.1, 0.15) is 22.3 Å². The van der Waals surface area contributed by atoms with Gasteiger partial charge in [-0.3, -0.25) is 0 Å². The minimum Gasteiger partial charge on any atom is -0.310 e. The summed E-state index contributed by atoms with van der Waals surface area (Å²) in [5.74, 6) is 0. The molecular formula is C61H41N. The molecule has 0 atom stereocenters. The van der Waals surface area contributed by atoms with Gasteiger partial charge >= 0.3 is 0 Å². The monoisotopic (exact) mass is 787 g/mol. The predicted octanol–water partition coefficient (Wildman–Crippen LogP) is 16.2.